The van der Waals surface area contributed by atoms with Crippen LogP contribution in [0.2, 0.25) is 0 Å². The van der Waals surface area contributed by atoms with Gasteiger partial charge < -0.3 is 10.6 Å². The minimum atomic E-state index is -0.506. The average molecular weight is 307 g/mol. The largest absolute Gasteiger partial charge is 0.326 e. The Bertz CT molecular complexity index is 586. The molecule has 0 aliphatic carbocycles. The molecule has 1 aromatic rings. The van der Waals surface area contributed by atoms with Crippen molar-refractivity contribution in [2.24, 2.45) is 4.99 Å². The van der Waals surface area contributed by atoms with E-state index in [1.165, 1.54) is 36.0 Å². The zero-order chi connectivity index (χ0) is 15.2. The van der Waals surface area contributed by atoms with Gasteiger partial charge >= 0.3 is 0 Å². The van der Waals surface area contributed by atoms with Gasteiger partial charge in [0.2, 0.25) is 11.8 Å². The lowest BCUT2D eigenvalue weighted by Crippen LogP contribution is -2.28. The molecule has 1 aliphatic heterocycles. The van der Waals surface area contributed by atoms with Gasteiger partial charge in [0.05, 0.1) is 6.54 Å². The second-order valence-electron chi connectivity index (χ2n) is 4.29. The highest BCUT2D eigenvalue weighted by molar-refractivity contribution is 8.15. The van der Waals surface area contributed by atoms with E-state index in [4.69, 9.17) is 0 Å². The number of hydrogen-bond donors (Lipinski definition) is 2. The molecule has 2 rings (SSSR count). The third kappa shape index (κ3) is 4.42. The van der Waals surface area contributed by atoms with Gasteiger partial charge in [-0.25, -0.2) is 4.39 Å². The van der Waals surface area contributed by atoms with Crippen LogP contribution in [0.1, 0.15) is 6.42 Å². The summed E-state index contributed by atoms with van der Waals surface area (Å²) in [5, 5.41) is 5.23. The molecule has 0 radical (unpaired) electrons. The maximum absolute atomic E-state index is 12.8. The summed E-state index contributed by atoms with van der Waals surface area (Å²) < 4.78 is 12.8. The standard InChI is InChI=1S/C14H14FN3O2S/c1-2-7-16-14-18-13(20)11(21-14)8-12(19)17-10-5-3-9(15)4-6-10/h2-6,11H,1,7-8H2,(H,17,19)(H,16,18,20)/t11-/m1/s1. The first-order valence-electron chi connectivity index (χ1n) is 6.27. The number of anilines is 1. The van der Waals surface area contributed by atoms with E-state index in [-0.39, 0.29) is 24.1 Å². The number of benzene rings is 1. The Hall–Kier alpha value is -2.15. The summed E-state index contributed by atoms with van der Waals surface area (Å²) in [6.07, 6.45) is 1.65. The first-order valence-corrected chi connectivity index (χ1v) is 7.14. The topological polar surface area (TPSA) is 70.6 Å². The van der Waals surface area contributed by atoms with E-state index in [0.717, 1.165) is 0 Å². The molecule has 1 saturated heterocycles. The SMILES string of the molecule is C=CCN=C1NC(=O)[C@@H](CC(=O)Nc2ccc(F)cc2)S1. The Balaban J connectivity index is 1.89. The molecular formula is C14H14FN3O2S. The molecule has 7 heteroatoms. The van der Waals surface area contributed by atoms with Crippen molar-refractivity contribution in [2.45, 2.75) is 11.7 Å². The van der Waals surface area contributed by atoms with Crippen molar-refractivity contribution >= 4 is 34.4 Å². The Morgan fingerprint density at radius 3 is 2.86 bits per heavy atom. The molecular weight excluding hydrogens is 293 g/mol. The molecule has 1 aromatic carbocycles. The van der Waals surface area contributed by atoms with Gasteiger partial charge in [-0.2, -0.15) is 0 Å². The van der Waals surface area contributed by atoms with E-state index < -0.39 is 5.25 Å². The molecule has 0 spiro atoms. The number of nitrogens with one attached hydrogen (secondary N) is 2. The molecule has 110 valence electrons. The van der Waals surface area contributed by atoms with Gasteiger partial charge in [0.1, 0.15) is 11.1 Å². The first kappa shape index (κ1) is 15.2. The van der Waals surface area contributed by atoms with Crippen molar-refractivity contribution in [3.05, 3.63) is 42.7 Å². The number of hydrogen-bond acceptors (Lipinski definition) is 4. The summed E-state index contributed by atoms with van der Waals surface area (Å²) in [5.41, 5.74) is 0.491. The molecule has 2 N–H and O–H groups in total. The fraction of sp³-hybridized carbons (Fsp3) is 0.214. The minimum Gasteiger partial charge on any atom is -0.326 e. The highest BCUT2D eigenvalue weighted by atomic mass is 32.2. The number of carbonyl (C=O) groups is 2. The molecule has 21 heavy (non-hydrogen) atoms. The molecule has 1 atom stereocenters. The Kier molecular flexibility index (Phi) is 5.10. The monoisotopic (exact) mass is 307 g/mol. The quantitative estimate of drug-likeness (QED) is 0.817. The lowest BCUT2D eigenvalue weighted by Gasteiger charge is -2.07. The summed E-state index contributed by atoms with van der Waals surface area (Å²) >= 11 is 1.22. The van der Waals surface area contributed by atoms with Gasteiger partial charge in [-0.05, 0) is 24.3 Å². The summed E-state index contributed by atoms with van der Waals surface area (Å²) in [4.78, 5) is 27.7. The third-order valence-electron chi connectivity index (χ3n) is 2.64. The highest BCUT2D eigenvalue weighted by Crippen LogP contribution is 2.23. The van der Waals surface area contributed by atoms with E-state index in [1.54, 1.807) is 6.08 Å². The number of thioether (sulfide) groups is 1. The van der Waals surface area contributed by atoms with Gasteiger partial charge in [0.25, 0.3) is 0 Å². The van der Waals surface area contributed by atoms with Crippen LogP contribution in [0, 0.1) is 5.82 Å². The second-order valence-corrected chi connectivity index (χ2v) is 5.48. The molecule has 0 aromatic heterocycles. The van der Waals surface area contributed by atoms with Crippen LogP contribution >= 0.6 is 11.8 Å². The first-order chi connectivity index (χ1) is 10.1. The van der Waals surface area contributed by atoms with Gasteiger partial charge in [0, 0.05) is 12.1 Å². The maximum Gasteiger partial charge on any atom is 0.240 e. The summed E-state index contributed by atoms with van der Waals surface area (Å²) in [6, 6.07) is 5.44. The molecule has 2 amide bonds. The molecule has 0 unspecified atom stereocenters. The van der Waals surface area contributed by atoms with Crippen LogP contribution in [-0.2, 0) is 9.59 Å². The Morgan fingerprint density at radius 2 is 2.19 bits per heavy atom. The molecule has 5 nitrogen and oxygen atoms in total. The number of rotatable bonds is 5. The van der Waals surface area contributed by atoms with Crippen LogP contribution in [0.25, 0.3) is 0 Å². The Morgan fingerprint density at radius 1 is 1.48 bits per heavy atom. The number of aliphatic imine (C=N–C) groups is 1. The van der Waals surface area contributed by atoms with E-state index in [2.05, 4.69) is 22.2 Å². The van der Waals surface area contributed by atoms with Gasteiger partial charge in [0.15, 0.2) is 5.17 Å². The lowest BCUT2D eigenvalue weighted by atomic mass is 10.2. The highest BCUT2D eigenvalue weighted by Gasteiger charge is 2.31. The number of halogens is 1. The van der Waals surface area contributed by atoms with E-state index in [9.17, 15) is 14.0 Å². The fourth-order valence-electron chi connectivity index (χ4n) is 1.68. The third-order valence-corrected chi connectivity index (χ3v) is 3.76. The van der Waals surface area contributed by atoms with Crippen LogP contribution in [0.4, 0.5) is 10.1 Å². The molecule has 1 heterocycles. The predicted octanol–water partition coefficient (Wildman–Crippen LogP) is 1.93. The van der Waals surface area contributed by atoms with Crippen LogP contribution < -0.4 is 10.6 Å². The van der Waals surface area contributed by atoms with E-state index in [1.807, 2.05) is 0 Å². The van der Waals surface area contributed by atoms with Gasteiger partial charge in [-0.3, -0.25) is 14.6 Å². The van der Waals surface area contributed by atoms with Crippen LogP contribution in [-0.4, -0.2) is 28.8 Å². The van der Waals surface area contributed by atoms with Crippen molar-refractivity contribution in [3.8, 4) is 0 Å². The van der Waals surface area contributed by atoms with Crippen LogP contribution in [0.5, 0.6) is 0 Å². The normalized spacial score (nSPS) is 19.4. The zero-order valence-corrected chi connectivity index (χ0v) is 12.0. The van der Waals surface area contributed by atoms with Crippen molar-refractivity contribution in [3.63, 3.8) is 0 Å². The number of amides is 2. The average Bonchev–Trinajstić information content (AvgIpc) is 2.79. The molecule has 0 saturated carbocycles. The van der Waals surface area contributed by atoms with Crippen LogP contribution in [0.15, 0.2) is 41.9 Å². The van der Waals surface area contributed by atoms with Gasteiger partial charge in [-0.15, -0.1) is 6.58 Å². The number of carbonyl (C=O) groups excluding carboxylic acids is 2. The lowest BCUT2D eigenvalue weighted by molar-refractivity contribution is -0.122. The Labute approximate surface area is 125 Å². The van der Waals surface area contributed by atoms with Crippen molar-refractivity contribution in [2.75, 3.05) is 11.9 Å². The maximum atomic E-state index is 12.8. The smallest absolute Gasteiger partial charge is 0.240 e. The predicted molar refractivity (Wildman–Crippen MR) is 81.7 cm³/mol. The van der Waals surface area contributed by atoms with Crippen molar-refractivity contribution in [1.82, 2.24) is 5.32 Å². The zero-order valence-electron chi connectivity index (χ0n) is 11.1. The summed E-state index contributed by atoms with van der Waals surface area (Å²) in [6.45, 7) is 3.96. The van der Waals surface area contributed by atoms with E-state index in [0.29, 0.717) is 17.4 Å². The number of amidine groups is 1. The van der Waals surface area contributed by atoms with E-state index >= 15 is 0 Å². The fourth-order valence-corrected chi connectivity index (χ4v) is 2.65. The molecule has 0 bridgehead atoms. The van der Waals surface area contributed by atoms with Crippen molar-refractivity contribution in [1.29, 1.82) is 0 Å². The second kappa shape index (κ2) is 7.03. The minimum absolute atomic E-state index is 0.0288. The summed E-state index contributed by atoms with van der Waals surface area (Å²) in [5.74, 6) is -0.918. The van der Waals surface area contributed by atoms with Gasteiger partial charge in [-0.1, -0.05) is 17.8 Å². The number of nitrogens with zero attached hydrogens (tertiary/aromatic N) is 1. The van der Waals surface area contributed by atoms with Crippen molar-refractivity contribution < 1.29 is 14.0 Å². The molecule has 1 fully saturated rings. The van der Waals surface area contributed by atoms with Crippen LogP contribution in [0.3, 0.4) is 0 Å². The summed E-state index contributed by atoms with van der Waals surface area (Å²) in [7, 11) is 0. The molecule has 1 aliphatic rings.